The van der Waals surface area contributed by atoms with Gasteiger partial charge in [-0.25, -0.2) is 4.79 Å². The maximum Gasteiger partial charge on any atom is 0.326 e. The van der Waals surface area contributed by atoms with Gasteiger partial charge in [0.1, 0.15) is 6.04 Å². The average molecular weight is 229 g/mol. The molecule has 1 atom stereocenters. The van der Waals surface area contributed by atoms with Gasteiger partial charge in [-0.15, -0.1) is 0 Å². The monoisotopic (exact) mass is 229 g/mol. The highest BCUT2D eigenvalue weighted by molar-refractivity contribution is 6.99. The van der Waals surface area contributed by atoms with Crippen LogP contribution in [-0.4, -0.2) is 31.8 Å². The number of rotatable bonds is 4. The summed E-state index contributed by atoms with van der Waals surface area (Å²) in [5.41, 5.74) is 0.145. The fraction of sp³-hybridized carbons (Fsp3) is 0.500. The maximum absolute atomic E-state index is 11.5. The van der Waals surface area contributed by atoms with E-state index in [-0.39, 0.29) is 11.6 Å². The van der Waals surface area contributed by atoms with Crippen molar-refractivity contribution in [3.63, 3.8) is 0 Å². The van der Waals surface area contributed by atoms with Crippen LogP contribution in [0.25, 0.3) is 0 Å². The summed E-state index contributed by atoms with van der Waals surface area (Å²) >= 11 is 0.904. The first-order chi connectivity index (χ1) is 7.02. The van der Waals surface area contributed by atoms with Crippen LogP contribution >= 0.6 is 11.7 Å². The van der Waals surface area contributed by atoms with Crippen LogP contribution < -0.4 is 5.32 Å². The van der Waals surface area contributed by atoms with Crippen molar-refractivity contribution in [2.75, 3.05) is 0 Å². The fourth-order valence-electron chi connectivity index (χ4n) is 0.993. The predicted molar refractivity (Wildman–Crippen MR) is 53.6 cm³/mol. The van der Waals surface area contributed by atoms with Crippen molar-refractivity contribution in [2.24, 2.45) is 5.92 Å². The lowest BCUT2D eigenvalue weighted by molar-refractivity contribution is -0.140. The Bertz CT molecular complexity index is 350. The van der Waals surface area contributed by atoms with Gasteiger partial charge in [0.25, 0.3) is 5.91 Å². The van der Waals surface area contributed by atoms with Gasteiger partial charge in [-0.1, -0.05) is 13.8 Å². The minimum Gasteiger partial charge on any atom is -0.480 e. The molecule has 82 valence electrons. The molecular formula is C8H11N3O3S. The summed E-state index contributed by atoms with van der Waals surface area (Å²) < 4.78 is 7.38. The van der Waals surface area contributed by atoms with Crippen LogP contribution in [0.5, 0.6) is 0 Å². The normalized spacial score (nSPS) is 12.5. The molecule has 0 aliphatic heterocycles. The summed E-state index contributed by atoms with van der Waals surface area (Å²) in [6.45, 7) is 3.44. The third-order valence-electron chi connectivity index (χ3n) is 1.81. The second kappa shape index (κ2) is 4.83. The molecule has 15 heavy (non-hydrogen) atoms. The van der Waals surface area contributed by atoms with Gasteiger partial charge in [0.15, 0.2) is 5.69 Å². The second-order valence-corrected chi connectivity index (χ2v) is 3.88. The van der Waals surface area contributed by atoms with E-state index >= 15 is 0 Å². The summed E-state index contributed by atoms with van der Waals surface area (Å²) in [5.74, 6) is -1.75. The van der Waals surface area contributed by atoms with Gasteiger partial charge in [0.05, 0.1) is 17.9 Å². The topological polar surface area (TPSA) is 92.2 Å². The highest BCUT2D eigenvalue weighted by atomic mass is 32.1. The van der Waals surface area contributed by atoms with Crippen LogP contribution in [0.3, 0.4) is 0 Å². The van der Waals surface area contributed by atoms with Crippen molar-refractivity contribution < 1.29 is 14.7 Å². The first kappa shape index (κ1) is 11.6. The zero-order valence-corrected chi connectivity index (χ0v) is 9.11. The smallest absolute Gasteiger partial charge is 0.326 e. The Morgan fingerprint density at radius 3 is 2.60 bits per heavy atom. The molecule has 0 aliphatic rings. The number of carbonyl (C=O) groups is 2. The first-order valence-corrected chi connectivity index (χ1v) is 5.06. The Hall–Kier alpha value is -1.50. The molecule has 1 rings (SSSR count). The predicted octanol–water partition coefficient (Wildman–Crippen LogP) is 0.377. The number of hydrogen-bond donors (Lipinski definition) is 2. The van der Waals surface area contributed by atoms with E-state index in [0.29, 0.717) is 0 Å². The summed E-state index contributed by atoms with van der Waals surface area (Å²) in [6.07, 6.45) is 1.30. The van der Waals surface area contributed by atoms with Crippen molar-refractivity contribution in [1.82, 2.24) is 14.1 Å². The van der Waals surface area contributed by atoms with Crippen LogP contribution in [0.15, 0.2) is 6.20 Å². The Kier molecular flexibility index (Phi) is 3.73. The van der Waals surface area contributed by atoms with Crippen molar-refractivity contribution in [2.45, 2.75) is 19.9 Å². The summed E-state index contributed by atoms with van der Waals surface area (Å²) in [5, 5.41) is 11.2. The second-order valence-electron chi connectivity index (χ2n) is 3.33. The lowest BCUT2D eigenvalue weighted by atomic mass is 10.0. The van der Waals surface area contributed by atoms with E-state index in [1.165, 1.54) is 6.20 Å². The average Bonchev–Trinajstić information content (AvgIpc) is 2.65. The van der Waals surface area contributed by atoms with E-state index in [1.54, 1.807) is 13.8 Å². The molecule has 6 nitrogen and oxygen atoms in total. The molecule has 0 saturated heterocycles. The van der Waals surface area contributed by atoms with E-state index in [1.807, 2.05) is 0 Å². The number of nitrogens with one attached hydrogen (secondary N) is 1. The molecule has 0 radical (unpaired) electrons. The van der Waals surface area contributed by atoms with Crippen molar-refractivity contribution in [3.05, 3.63) is 11.9 Å². The molecule has 0 aliphatic carbocycles. The SMILES string of the molecule is CC(C)[C@@H](NC(=O)c1cnsn1)C(=O)O. The summed E-state index contributed by atoms with van der Waals surface area (Å²) in [4.78, 5) is 22.3. The maximum atomic E-state index is 11.5. The lowest BCUT2D eigenvalue weighted by Crippen LogP contribution is -2.44. The molecule has 0 unspecified atom stereocenters. The number of nitrogens with zero attached hydrogens (tertiary/aromatic N) is 2. The van der Waals surface area contributed by atoms with Crippen molar-refractivity contribution in [1.29, 1.82) is 0 Å². The molecule has 0 fully saturated rings. The molecule has 0 bridgehead atoms. The van der Waals surface area contributed by atoms with Crippen LogP contribution in [0.4, 0.5) is 0 Å². The number of amides is 1. The number of carboxylic acids is 1. The van der Waals surface area contributed by atoms with Gasteiger partial charge < -0.3 is 10.4 Å². The fourth-order valence-corrected chi connectivity index (χ4v) is 1.41. The standard InChI is InChI=1S/C8H11N3O3S/c1-4(2)6(8(13)14)10-7(12)5-3-9-15-11-5/h3-4,6H,1-2H3,(H,10,12)(H,13,14)/t6-/m1/s1. The molecule has 1 amide bonds. The van der Waals surface area contributed by atoms with Crippen LogP contribution in [0.2, 0.25) is 0 Å². The Balaban J connectivity index is 2.67. The number of carbonyl (C=O) groups excluding carboxylic acids is 1. The van der Waals surface area contributed by atoms with Crippen LogP contribution in [-0.2, 0) is 4.79 Å². The zero-order valence-electron chi connectivity index (χ0n) is 8.30. The van der Waals surface area contributed by atoms with Crippen molar-refractivity contribution >= 4 is 23.6 Å². The molecule has 7 heteroatoms. The van der Waals surface area contributed by atoms with Gasteiger partial charge in [-0.3, -0.25) is 4.79 Å². The molecule has 0 aromatic carbocycles. The number of hydrogen-bond acceptors (Lipinski definition) is 5. The third kappa shape index (κ3) is 2.98. The molecule has 0 spiro atoms. The van der Waals surface area contributed by atoms with Gasteiger partial charge in [-0.2, -0.15) is 8.75 Å². The van der Waals surface area contributed by atoms with Crippen LogP contribution in [0, 0.1) is 5.92 Å². The van der Waals surface area contributed by atoms with E-state index in [9.17, 15) is 9.59 Å². The van der Waals surface area contributed by atoms with E-state index in [4.69, 9.17) is 5.11 Å². The van der Waals surface area contributed by atoms with Crippen molar-refractivity contribution in [3.8, 4) is 0 Å². The van der Waals surface area contributed by atoms with Gasteiger partial charge in [0.2, 0.25) is 0 Å². The Morgan fingerprint density at radius 1 is 1.53 bits per heavy atom. The van der Waals surface area contributed by atoms with E-state index in [2.05, 4.69) is 14.1 Å². The summed E-state index contributed by atoms with van der Waals surface area (Å²) in [7, 11) is 0. The minimum absolute atomic E-state index is 0.145. The van der Waals surface area contributed by atoms with Gasteiger partial charge >= 0.3 is 5.97 Å². The highest BCUT2D eigenvalue weighted by Crippen LogP contribution is 2.03. The van der Waals surface area contributed by atoms with E-state index in [0.717, 1.165) is 11.7 Å². The zero-order chi connectivity index (χ0) is 11.4. The first-order valence-electron chi connectivity index (χ1n) is 4.33. The molecule has 0 saturated carbocycles. The van der Waals surface area contributed by atoms with E-state index < -0.39 is 17.9 Å². The Morgan fingerprint density at radius 2 is 2.20 bits per heavy atom. The lowest BCUT2D eigenvalue weighted by Gasteiger charge is -2.16. The Labute approximate surface area is 90.7 Å². The largest absolute Gasteiger partial charge is 0.480 e. The molecular weight excluding hydrogens is 218 g/mol. The van der Waals surface area contributed by atoms with Crippen LogP contribution in [0.1, 0.15) is 24.3 Å². The number of aliphatic carboxylic acids is 1. The molecule has 2 N–H and O–H groups in total. The van der Waals surface area contributed by atoms with Gasteiger partial charge in [-0.05, 0) is 5.92 Å². The molecule has 1 aromatic heterocycles. The third-order valence-corrected chi connectivity index (χ3v) is 2.29. The number of carboxylic acid groups (broad SMARTS) is 1. The quantitative estimate of drug-likeness (QED) is 0.778. The number of aromatic nitrogens is 2. The molecule has 1 aromatic rings. The van der Waals surface area contributed by atoms with Gasteiger partial charge in [0, 0.05) is 0 Å². The minimum atomic E-state index is -1.05. The summed E-state index contributed by atoms with van der Waals surface area (Å²) in [6, 6.07) is -0.904. The highest BCUT2D eigenvalue weighted by Gasteiger charge is 2.24. The molecule has 1 heterocycles.